The maximum Gasteiger partial charge on any atom is 0.522 e. The fourth-order valence-corrected chi connectivity index (χ4v) is 2.33. The molecule has 1 atom stereocenters. The molecule has 0 saturated carbocycles. The van der Waals surface area contributed by atoms with Crippen LogP contribution in [0.2, 0.25) is 0 Å². The average molecular weight is 701 g/mol. The second kappa shape index (κ2) is 26.0. The lowest BCUT2D eigenvalue weighted by Crippen LogP contribution is -2.54. The van der Waals surface area contributed by atoms with Crippen molar-refractivity contribution in [2.75, 3.05) is 47.3 Å². The molecule has 0 aliphatic heterocycles. The van der Waals surface area contributed by atoms with Gasteiger partial charge < -0.3 is 28.8 Å². The molecule has 0 heterocycles. The maximum atomic E-state index is 12.8. The predicted octanol–water partition coefficient (Wildman–Crippen LogP) is 5.02. The summed E-state index contributed by atoms with van der Waals surface area (Å²) < 4.78 is 137. The van der Waals surface area contributed by atoms with Crippen LogP contribution in [-0.4, -0.2) is 106 Å². The first kappa shape index (κ1) is 49.7. The molecular formula is C26H41F9O11. The van der Waals surface area contributed by atoms with Crippen LogP contribution in [0.5, 0.6) is 0 Å². The highest BCUT2D eigenvalue weighted by Gasteiger charge is 2.70. The molecule has 20 heteroatoms. The molecule has 0 saturated heterocycles. The third kappa shape index (κ3) is 23.2. The van der Waals surface area contributed by atoms with Gasteiger partial charge in [0.2, 0.25) is 0 Å². The minimum atomic E-state index is -5.75. The van der Waals surface area contributed by atoms with Gasteiger partial charge >= 0.3 is 48.0 Å². The highest BCUT2D eigenvalue weighted by atomic mass is 19.4. The summed E-state index contributed by atoms with van der Waals surface area (Å²) in [6, 6.07) is 0. The highest BCUT2D eigenvalue weighted by Crippen LogP contribution is 2.48. The number of aliphatic hydroxyl groups excluding tert-OH is 1. The number of halogens is 9. The number of esters is 4. The molecule has 0 fully saturated rings. The zero-order valence-electron chi connectivity index (χ0n) is 26.3. The molecule has 274 valence electrons. The van der Waals surface area contributed by atoms with Gasteiger partial charge in [-0.3, -0.25) is 9.53 Å². The van der Waals surface area contributed by atoms with Crippen molar-refractivity contribution in [3.63, 3.8) is 0 Å². The van der Waals surface area contributed by atoms with Crippen LogP contribution >= 0.6 is 0 Å². The summed E-state index contributed by atoms with van der Waals surface area (Å²) in [6.07, 6.45) is -7.93. The quantitative estimate of drug-likeness (QED) is 0.100. The molecule has 0 bridgehead atoms. The van der Waals surface area contributed by atoms with Crippen molar-refractivity contribution in [2.45, 2.75) is 84.1 Å². The van der Waals surface area contributed by atoms with Gasteiger partial charge in [0.15, 0.2) is 6.10 Å². The van der Waals surface area contributed by atoms with Gasteiger partial charge in [-0.2, -0.15) is 26.3 Å². The molecule has 0 aromatic carbocycles. The van der Waals surface area contributed by atoms with Crippen molar-refractivity contribution in [2.24, 2.45) is 0 Å². The van der Waals surface area contributed by atoms with Crippen LogP contribution in [0.25, 0.3) is 0 Å². The molecular weight excluding hydrogens is 659 g/mol. The first-order valence-corrected chi connectivity index (χ1v) is 13.3. The smallest absolute Gasteiger partial charge is 0.466 e. The van der Waals surface area contributed by atoms with E-state index >= 15 is 0 Å². The van der Waals surface area contributed by atoms with Crippen molar-refractivity contribution in [3.05, 3.63) is 12.2 Å². The van der Waals surface area contributed by atoms with Gasteiger partial charge in [0.1, 0.15) is 0 Å². The Morgan fingerprint density at radius 1 is 0.674 bits per heavy atom. The molecule has 0 aliphatic rings. The Hall–Kier alpha value is -3.13. The zero-order chi connectivity index (χ0) is 37.2. The fourth-order valence-electron chi connectivity index (χ4n) is 2.33. The number of hydrogen-bond donors (Lipinski definition) is 1. The zero-order valence-corrected chi connectivity index (χ0v) is 26.3. The molecule has 1 unspecified atom stereocenters. The fraction of sp³-hybridized carbons (Fsp3) is 0.769. The molecule has 0 aromatic heterocycles. The van der Waals surface area contributed by atoms with Gasteiger partial charge in [0, 0.05) is 39.2 Å². The molecule has 0 spiro atoms. The molecule has 1 N–H and O–H groups in total. The van der Waals surface area contributed by atoms with Crippen LogP contribution < -0.4 is 0 Å². The van der Waals surface area contributed by atoms with E-state index in [0.29, 0.717) is 20.1 Å². The van der Waals surface area contributed by atoms with Crippen molar-refractivity contribution in [3.8, 4) is 0 Å². The first-order valence-electron chi connectivity index (χ1n) is 13.3. The van der Waals surface area contributed by atoms with E-state index < -0.39 is 73.6 Å². The number of alkyl halides is 9. The Bertz CT molecular complexity index is 862. The Morgan fingerprint density at radius 2 is 1.09 bits per heavy atom. The topological polar surface area (TPSA) is 144 Å². The summed E-state index contributed by atoms with van der Waals surface area (Å²) >= 11 is 0. The van der Waals surface area contributed by atoms with Gasteiger partial charge in [0.25, 0.3) is 0 Å². The lowest BCUT2D eigenvalue weighted by molar-refractivity contribution is -0.342. The van der Waals surface area contributed by atoms with Crippen LogP contribution in [0, 0.1) is 0 Å². The number of carbonyl (C=O) groups excluding carboxylic acids is 4. The Balaban J connectivity index is -0.000000286. The van der Waals surface area contributed by atoms with Gasteiger partial charge in [-0.1, -0.05) is 6.92 Å². The van der Waals surface area contributed by atoms with E-state index in [2.05, 4.69) is 18.9 Å². The van der Waals surface area contributed by atoms with Crippen LogP contribution in [0.4, 0.5) is 39.5 Å². The highest BCUT2D eigenvalue weighted by molar-refractivity contribution is 5.91. The SMILES string of the molecule is CCC(F)(F)C(F)(F)C(F)(F)CCOC(F)(F)F.CCOC(=O)/C=C\C(=O)OCC.CCOC(=O)CC(OC)C(=O)OCC.CO. The van der Waals surface area contributed by atoms with E-state index in [-0.39, 0.29) is 19.6 Å². The molecule has 0 amide bonds. The van der Waals surface area contributed by atoms with Crippen molar-refractivity contribution >= 4 is 23.9 Å². The van der Waals surface area contributed by atoms with Gasteiger partial charge in [-0.05, 0) is 27.7 Å². The Kier molecular flexibility index (Phi) is 28.1. The average Bonchev–Trinajstić information content (AvgIpc) is 2.96. The summed E-state index contributed by atoms with van der Waals surface area (Å²) in [7, 11) is 2.35. The minimum Gasteiger partial charge on any atom is -0.466 e. The van der Waals surface area contributed by atoms with E-state index in [1.54, 1.807) is 27.7 Å². The third-order valence-electron chi connectivity index (χ3n) is 4.46. The van der Waals surface area contributed by atoms with Crippen LogP contribution in [0.15, 0.2) is 12.2 Å². The molecule has 0 aliphatic carbocycles. The summed E-state index contributed by atoms with van der Waals surface area (Å²) in [5.41, 5.74) is 0. The van der Waals surface area contributed by atoms with Gasteiger partial charge in [0.05, 0.1) is 39.5 Å². The lowest BCUT2D eigenvalue weighted by atomic mass is 10.0. The van der Waals surface area contributed by atoms with Crippen molar-refractivity contribution in [1.82, 2.24) is 0 Å². The Labute approximate surface area is 260 Å². The third-order valence-corrected chi connectivity index (χ3v) is 4.46. The summed E-state index contributed by atoms with van der Waals surface area (Å²) in [6.45, 7) is 6.63. The number of aliphatic hydroxyl groups is 1. The summed E-state index contributed by atoms with van der Waals surface area (Å²) in [5, 5.41) is 7.00. The van der Waals surface area contributed by atoms with Gasteiger partial charge in [-0.15, -0.1) is 13.2 Å². The molecule has 0 radical (unpaired) electrons. The number of methoxy groups -OCH3 is 1. The van der Waals surface area contributed by atoms with Crippen molar-refractivity contribution in [1.29, 1.82) is 0 Å². The standard InChI is InChI=1S/C9H16O5.C8H9F9O.C8H12O4.CH4O/c1-4-13-8(10)6-7(12-3)9(11)14-5-2;1-2-5(9,10)7(13,14)6(11,12)3-4-18-8(15,16)17;1-3-11-7(9)5-6-8(10)12-4-2;1-2/h7H,4-6H2,1-3H3;2-4H2,1H3;5-6H,3-4H2,1-2H3;2H,1H3/b;;6-5-;. The first-order chi connectivity index (χ1) is 21.1. The number of hydrogen-bond acceptors (Lipinski definition) is 11. The number of rotatable bonds is 16. The predicted molar refractivity (Wildman–Crippen MR) is 141 cm³/mol. The van der Waals surface area contributed by atoms with E-state index in [9.17, 15) is 58.7 Å². The normalized spacial score (nSPS) is 12.2. The van der Waals surface area contributed by atoms with E-state index in [0.717, 1.165) is 19.3 Å². The van der Waals surface area contributed by atoms with E-state index in [1.807, 2.05) is 0 Å². The number of carbonyl (C=O) groups is 4. The molecule has 0 aromatic rings. The maximum absolute atomic E-state index is 12.8. The second-order valence-corrected chi connectivity index (χ2v) is 7.70. The molecule has 0 rings (SSSR count). The monoisotopic (exact) mass is 700 g/mol. The second-order valence-electron chi connectivity index (χ2n) is 7.70. The number of ether oxygens (including phenoxy) is 6. The van der Waals surface area contributed by atoms with E-state index in [4.69, 9.17) is 14.6 Å². The molecule has 11 nitrogen and oxygen atoms in total. The van der Waals surface area contributed by atoms with Crippen LogP contribution in [0.3, 0.4) is 0 Å². The Morgan fingerprint density at radius 3 is 1.41 bits per heavy atom. The lowest BCUT2D eigenvalue weighted by Gasteiger charge is -2.32. The van der Waals surface area contributed by atoms with Gasteiger partial charge in [-0.25, -0.2) is 14.4 Å². The van der Waals surface area contributed by atoms with Crippen LogP contribution in [0.1, 0.15) is 53.9 Å². The van der Waals surface area contributed by atoms with E-state index in [1.165, 1.54) is 7.11 Å². The van der Waals surface area contributed by atoms with Crippen molar-refractivity contribution < 1.29 is 92.2 Å². The largest absolute Gasteiger partial charge is 0.522 e. The summed E-state index contributed by atoms with van der Waals surface area (Å²) in [5.74, 6) is -18.2. The minimum absolute atomic E-state index is 0.108. The molecule has 46 heavy (non-hydrogen) atoms. The summed E-state index contributed by atoms with van der Waals surface area (Å²) in [4.78, 5) is 43.4. The van der Waals surface area contributed by atoms with Crippen LogP contribution in [-0.2, 0) is 47.6 Å².